The highest BCUT2D eigenvalue weighted by atomic mass is 35.5. The smallest absolute Gasteiger partial charge is 0.358 e. The number of alkyl halides is 2. The lowest BCUT2D eigenvalue weighted by atomic mass is 10.2. The Morgan fingerprint density at radius 3 is 2.60 bits per heavy atom. The summed E-state index contributed by atoms with van der Waals surface area (Å²) in [5.74, 6) is -1.56. The summed E-state index contributed by atoms with van der Waals surface area (Å²) >= 11 is 6.00. The SMILES string of the molecule is Cc1nn(C)c(Cl)c1Cn1nnc(C(=O)O)c1C(F)F. The van der Waals surface area contributed by atoms with Gasteiger partial charge in [0.2, 0.25) is 0 Å². The van der Waals surface area contributed by atoms with Crippen LogP contribution in [0.3, 0.4) is 0 Å². The molecule has 10 heteroatoms. The van der Waals surface area contributed by atoms with E-state index in [9.17, 15) is 13.6 Å². The first kappa shape index (κ1) is 14.4. The predicted octanol–water partition coefficient (Wildman–Crippen LogP) is 1.66. The monoisotopic (exact) mass is 305 g/mol. The van der Waals surface area contributed by atoms with Gasteiger partial charge in [-0.15, -0.1) is 5.10 Å². The van der Waals surface area contributed by atoms with Crippen molar-refractivity contribution in [3.05, 3.63) is 27.8 Å². The van der Waals surface area contributed by atoms with Gasteiger partial charge in [-0.25, -0.2) is 18.3 Å². The molecule has 0 fully saturated rings. The molecule has 0 atom stereocenters. The average molecular weight is 306 g/mol. The van der Waals surface area contributed by atoms with Crippen LogP contribution in [0.5, 0.6) is 0 Å². The molecular weight excluding hydrogens is 296 g/mol. The number of carboxylic acid groups (broad SMARTS) is 1. The summed E-state index contributed by atoms with van der Waals surface area (Å²) in [7, 11) is 1.61. The van der Waals surface area contributed by atoms with Crippen molar-refractivity contribution in [3.63, 3.8) is 0 Å². The van der Waals surface area contributed by atoms with E-state index in [-0.39, 0.29) is 11.7 Å². The summed E-state index contributed by atoms with van der Waals surface area (Å²) in [4.78, 5) is 10.8. The standard InChI is InChI=1S/C10H10ClF2N5O2/c1-4-5(8(11)17(2)15-4)3-18-7(9(12)13)6(10(19)20)14-16-18/h9H,3H2,1-2H3,(H,19,20). The fourth-order valence-electron chi connectivity index (χ4n) is 1.81. The maximum Gasteiger partial charge on any atom is 0.358 e. The fourth-order valence-corrected chi connectivity index (χ4v) is 2.04. The van der Waals surface area contributed by atoms with E-state index >= 15 is 0 Å². The van der Waals surface area contributed by atoms with Crippen LogP contribution in [0.2, 0.25) is 5.15 Å². The molecule has 2 rings (SSSR count). The van der Waals surface area contributed by atoms with Crippen molar-refractivity contribution in [2.24, 2.45) is 7.05 Å². The fraction of sp³-hybridized carbons (Fsp3) is 0.400. The summed E-state index contributed by atoms with van der Waals surface area (Å²) in [6.07, 6.45) is -3.01. The Morgan fingerprint density at radius 1 is 1.50 bits per heavy atom. The number of carbonyl (C=O) groups is 1. The summed E-state index contributed by atoms with van der Waals surface area (Å²) in [6.45, 7) is 1.54. The van der Waals surface area contributed by atoms with Crippen molar-refractivity contribution < 1.29 is 18.7 Å². The third-order valence-corrected chi connectivity index (χ3v) is 3.23. The number of rotatable bonds is 4. The first-order chi connectivity index (χ1) is 9.32. The molecule has 2 aromatic rings. The molecule has 7 nitrogen and oxygen atoms in total. The van der Waals surface area contributed by atoms with Gasteiger partial charge in [0.25, 0.3) is 6.43 Å². The molecule has 0 saturated heterocycles. The predicted molar refractivity (Wildman–Crippen MR) is 64.0 cm³/mol. The molecule has 0 aliphatic heterocycles. The molecule has 0 bridgehead atoms. The van der Waals surface area contributed by atoms with Crippen molar-refractivity contribution in [2.75, 3.05) is 0 Å². The number of hydrogen-bond acceptors (Lipinski definition) is 4. The zero-order valence-electron chi connectivity index (χ0n) is 10.5. The zero-order valence-corrected chi connectivity index (χ0v) is 11.3. The van der Waals surface area contributed by atoms with E-state index in [4.69, 9.17) is 16.7 Å². The number of aromatic carboxylic acids is 1. The van der Waals surface area contributed by atoms with E-state index in [1.807, 2.05) is 0 Å². The second-order valence-corrected chi connectivity index (χ2v) is 4.42. The molecule has 0 amide bonds. The first-order valence-corrected chi connectivity index (χ1v) is 5.83. The topological polar surface area (TPSA) is 85.8 Å². The number of carboxylic acids is 1. The summed E-state index contributed by atoms with van der Waals surface area (Å²) < 4.78 is 28.2. The second-order valence-electron chi connectivity index (χ2n) is 4.07. The van der Waals surface area contributed by atoms with Crippen molar-refractivity contribution in [3.8, 4) is 0 Å². The van der Waals surface area contributed by atoms with Gasteiger partial charge in [0.05, 0.1) is 12.2 Å². The molecular formula is C10H10ClF2N5O2. The van der Waals surface area contributed by atoms with E-state index in [0.29, 0.717) is 11.3 Å². The Hall–Kier alpha value is -2.03. The van der Waals surface area contributed by atoms with E-state index in [2.05, 4.69) is 15.4 Å². The normalized spacial score (nSPS) is 11.3. The van der Waals surface area contributed by atoms with Gasteiger partial charge in [0.15, 0.2) is 5.69 Å². The van der Waals surface area contributed by atoms with Crippen molar-refractivity contribution in [2.45, 2.75) is 19.9 Å². The molecule has 0 saturated carbocycles. The van der Waals surface area contributed by atoms with Crippen LogP contribution >= 0.6 is 11.6 Å². The van der Waals surface area contributed by atoms with Gasteiger partial charge in [0, 0.05) is 12.6 Å². The molecule has 0 aliphatic carbocycles. The Kier molecular flexibility index (Phi) is 3.71. The summed E-state index contributed by atoms with van der Waals surface area (Å²) in [5.41, 5.74) is -0.488. The van der Waals surface area contributed by atoms with Crippen LogP contribution < -0.4 is 0 Å². The van der Waals surface area contributed by atoms with Crippen molar-refractivity contribution in [1.82, 2.24) is 24.8 Å². The third-order valence-electron chi connectivity index (χ3n) is 2.76. The minimum atomic E-state index is -3.01. The lowest BCUT2D eigenvalue weighted by molar-refractivity contribution is 0.0675. The molecule has 108 valence electrons. The molecule has 0 radical (unpaired) electrons. The Labute approximate surface area is 116 Å². The van der Waals surface area contributed by atoms with Crippen molar-refractivity contribution in [1.29, 1.82) is 0 Å². The van der Waals surface area contributed by atoms with Gasteiger partial charge in [-0.1, -0.05) is 16.8 Å². The van der Waals surface area contributed by atoms with Crippen LogP contribution in [-0.2, 0) is 13.6 Å². The van der Waals surface area contributed by atoms with Crippen LogP contribution in [-0.4, -0.2) is 35.9 Å². The molecule has 20 heavy (non-hydrogen) atoms. The highest BCUT2D eigenvalue weighted by molar-refractivity contribution is 6.30. The van der Waals surface area contributed by atoms with E-state index in [1.165, 1.54) is 4.68 Å². The summed E-state index contributed by atoms with van der Waals surface area (Å²) in [5, 5.41) is 19.8. The Bertz CT molecular complexity index is 667. The van der Waals surface area contributed by atoms with Crippen LogP contribution in [0.15, 0.2) is 0 Å². The van der Waals surface area contributed by atoms with E-state index in [1.54, 1.807) is 14.0 Å². The molecule has 1 N–H and O–H groups in total. The number of hydrogen-bond donors (Lipinski definition) is 1. The Morgan fingerprint density at radius 2 is 2.15 bits per heavy atom. The number of halogens is 3. The molecule has 2 aromatic heterocycles. The molecule has 2 heterocycles. The van der Waals surface area contributed by atoms with E-state index < -0.39 is 23.8 Å². The van der Waals surface area contributed by atoms with Crippen molar-refractivity contribution >= 4 is 17.6 Å². The minimum Gasteiger partial charge on any atom is -0.476 e. The molecule has 0 aromatic carbocycles. The van der Waals surface area contributed by atoms with Crippen LogP contribution in [0.25, 0.3) is 0 Å². The lowest BCUT2D eigenvalue weighted by Gasteiger charge is -2.06. The van der Waals surface area contributed by atoms with Gasteiger partial charge in [-0.3, -0.25) is 4.68 Å². The zero-order chi connectivity index (χ0) is 15.0. The third kappa shape index (κ3) is 2.36. The molecule has 0 unspecified atom stereocenters. The number of aryl methyl sites for hydroxylation is 2. The largest absolute Gasteiger partial charge is 0.476 e. The first-order valence-electron chi connectivity index (χ1n) is 5.45. The summed E-state index contributed by atoms with van der Waals surface area (Å²) in [6, 6.07) is 0. The quantitative estimate of drug-likeness (QED) is 0.928. The van der Waals surface area contributed by atoms with Crippen LogP contribution in [0.1, 0.15) is 33.9 Å². The maximum absolute atomic E-state index is 13.0. The van der Waals surface area contributed by atoms with Gasteiger partial charge < -0.3 is 5.11 Å². The van der Waals surface area contributed by atoms with Gasteiger partial charge in [-0.2, -0.15) is 5.10 Å². The van der Waals surface area contributed by atoms with Crippen LogP contribution in [0, 0.1) is 6.92 Å². The van der Waals surface area contributed by atoms with Crippen LogP contribution in [0.4, 0.5) is 8.78 Å². The number of nitrogens with zero attached hydrogens (tertiary/aromatic N) is 5. The lowest BCUT2D eigenvalue weighted by Crippen LogP contribution is -2.10. The minimum absolute atomic E-state index is 0.127. The van der Waals surface area contributed by atoms with Gasteiger partial charge in [0.1, 0.15) is 10.8 Å². The second kappa shape index (κ2) is 5.16. The maximum atomic E-state index is 13.0. The number of aromatic nitrogens is 5. The van der Waals surface area contributed by atoms with Gasteiger partial charge >= 0.3 is 5.97 Å². The average Bonchev–Trinajstić information content (AvgIpc) is 2.87. The van der Waals surface area contributed by atoms with Gasteiger partial charge in [-0.05, 0) is 6.92 Å². The highest BCUT2D eigenvalue weighted by Gasteiger charge is 2.27. The Balaban J connectivity index is 2.46. The van der Waals surface area contributed by atoms with E-state index in [0.717, 1.165) is 4.68 Å². The molecule has 0 aliphatic rings. The highest BCUT2D eigenvalue weighted by Crippen LogP contribution is 2.25. The molecule has 0 spiro atoms.